The highest BCUT2D eigenvalue weighted by molar-refractivity contribution is 7.89. The Morgan fingerprint density at radius 1 is 1.33 bits per heavy atom. The summed E-state index contributed by atoms with van der Waals surface area (Å²) in [5, 5.41) is 10.1. The molecule has 1 saturated carbocycles. The van der Waals surface area contributed by atoms with Gasteiger partial charge in [0.05, 0.1) is 0 Å². The van der Waals surface area contributed by atoms with E-state index < -0.39 is 10.0 Å². The van der Waals surface area contributed by atoms with Crippen LogP contribution in [0.25, 0.3) is 0 Å². The first-order chi connectivity index (χ1) is 9.88. The van der Waals surface area contributed by atoms with Crippen LogP contribution in [0.15, 0.2) is 5.03 Å². The van der Waals surface area contributed by atoms with Gasteiger partial charge in [-0.25, -0.2) is 13.1 Å². The van der Waals surface area contributed by atoms with Crippen LogP contribution in [0.4, 0.5) is 0 Å². The van der Waals surface area contributed by atoms with Crippen molar-refractivity contribution < 1.29 is 8.42 Å². The lowest BCUT2D eigenvalue weighted by molar-refractivity contribution is 0.336. The third-order valence-electron chi connectivity index (χ3n) is 4.34. The second kappa shape index (κ2) is 6.46. The standard InChI is InChI=1S/C14H26N4O2S/c1-4-15-9-12-11(2)17-18-13(12)21(19,20)16-10-14(3)7-5-6-8-14/h15-16H,4-10H2,1-3H3,(H,17,18). The summed E-state index contributed by atoms with van der Waals surface area (Å²) in [5.41, 5.74) is 1.60. The van der Waals surface area contributed by atoms with Crippen LogP contribution >= 0.6 is 0 Å². The maximum absolute atomic E-state index is 12.5. The zero-order valence-corrected chi connectivity index (χ0v) is 13.9. The van der Waals surface area contributed by atoms with Crippen LogP contribution in [0, 0.1) is 12.3 Å². The maximum Gasteiger partial charge on any atom is 0.260 e. The normalized spacial score (nSPS) is 18.2. The Morgan fingerprint density at radius 2 is 2.00 bits per heavy atom. The molecular weight excluding hydrogens is 288 g/mol. The predicted octanol–water partition coefficient (Wildman–Crippen LogP) is 1.69. The molecule has 1 aromatic heterocycles. The summed E-state index contributed by atoms with van der Waals surface area (Å²) in [7, 11) is -3.56. The van der Waals surface area contributed by atoms with E-state index in [4.69, 9.17) is 0 Å². The molecule has 0 radical (unpaired) electrons. The highest BCUT2D eigenvalue weighted by atomic mass is 32.2. The third-order valence-corrected chi connectivity index (χ3v) is 5.71. The molecule has 0 bridgehead atoms. The van der Waals surface area contributed by atoms with Gasteiger partial charge in [0.25, 0.3) is 10.0 Å². The maximum atomic E-state index is 12.5. The van der Waals surface area contributed by atoms with E-state index >= 15 is 0 Å². The number of rotatable bonds is 7. The van der Waals surface area contributed by atoms with Crippen molar-refractivity contribution in [2.45, 2.75) is 58.0 Å². The summed E-state index contributed by atoms with van der Waals surface area (Å²) in [4.78, 5) is 0. The Labute approximate surface area is 127 Å². The van der Waals surface area contributed by atoms with Gasteiger partial charge in [-0.3, -0.25) is 5.10 Å². The zero-order chi connectivity index (χ0) is 15.5. The fourth-order valence-electron chi connectivity index (χ4n) is 2.85. The SMILES string of the molecule is CCNCc1c(S(=O)(=O)NCC2(C)CCCC2)n[nH]c1C. The molecule has 1 heterocycles. The molecule has 1 aliphatic rings. The van der Waals surface area contributed by atoms with Crippen LogP contribution in [-0.4, -0.2) is 31.7 Å². The van der Waals surface area contributed by atoms with Crippen molar-refractivity contribution in [2.24, 2.45) is 5.41 Å². The van der Waals surface area contributed by atoms with Crippen LogP contribution < -0.4 is 10.0 Å². The molecule has 7 heteroatoms. The summed E-state index contributed by atoms with van der Waals surface area (Å²) in [6.45, 7) is 7.77. The average molecular weight is 314 g/mol. The predicted molar refractivity (Wildman–Crippen MR) is 82.5 cm³/mol. The van der Waals surface area contributed by atoms with Gasteiger partial charge in [0, 0.05) is 24.3 Å². The number of hydrogen-bond acceptors (Lipinski definition) is 4. The Bertz CT molecular complexity index is 574. The molecule has 1 fully saturated rings. The van der Waals surface area contributed by atoms with E-state index in [1.807, 2.05) is 13.8 Å². The van der Waals surface area contributed by atoms with Gasteiger partial charge in [0.1, 0.15) is 0 Å². The number of nitrogens with zero attached hydrogens (tertiary/aromatic N) is 1. The topological polar surface area (TPSA) is 86.9 Å². The number of aromatic nitrogens is 2. The van der Waals surface area contributed by atoms with E-state index in [1.165, 1.54) is 12.8 Å². The van der Waals surface area contributed by atoms with Gasteiger partial charge in [-0.2, -0.15) is 5.10 Å². The largest absolute Gasteiger partial charge is 0.313 e. The fraction of sp³-hybridized carbons (Fsp3) is 0.786. The second-order valence-electron chi connectivity index (χ2n) is 6.25. The Hall–Kier alpha value is -0.920. The Kier molecular flexibility index (Phi) is 5.06. The summed E-state index contributed by atoms with van der Waals surface area (Å²) in [5.74, 6) is 0. The number of sulfonamides is 1. The van der Waals surface area contributed by atoms with Crippen LogP contribution in [-0.2, 0) is 16.6 Å². The minimum absolute atomic E-state index is 0.0836. The molecule has 120 valence electrons. The molecule has 0 saturated heterocycles. The van der Waals surface area contributed by atoms with Gasteiger partial charge < -0.3 is 5.32 Å². The van der Waals surface area contributed by atoms with Crippen molar-refractivity contribution in [1.82, 2.24) is 20.2 Å². The molecular formula is C14H26N4O2S. The number of hydrogen-bond donors (Lipinski definition) is 3. The minimum Gasteiger partial charge on any atom is -0.313 e. The van der Waals surface area contributed by atoms with Gasteiger partial charge in [0.2, 0.25) is 0 Å². The lowest BCUT2D eigenvalue weighted by Crippen LogP contribution is -2.35. The van der Waals surface area contributed by atoms with Crippen molar-refractivity contribution in [1.29, 1.82) is 0 Å². The zero-order valence-electron chi connectivity index (χ0n) is 13.1. The highest BCUT2D eigenvalue weighted by Crippen LogP contribution is 2.37. The van der Waals surface area contributed by atoms with Gasteiger partial charge in [-0.1, -0.05) is 26.7 Å². The smallest absolute Gasteiger partial charge is 0.260 e. The molecule has 0 aliphatic heterocycles. The van der Waals surface area contributed by atoms with Crippen LogP contribution in [0.1, 0.15) is 50.8 Å². The first-order valence-corrected chi connectivity index (χ1v) is 9.10. The molecule has 1 aliphatic carbocycles. The van der Waals surface area contributed by atoms with Crippen molar-refractivity contribution in [2.75, 3.05) is 13.1 Å². The first kappa shape index (κ1) is 16.5. The molecule has 6 nitrogen and oxygen atoms in total. The van der Waals surface area contributed by atoms with Crippen LogP contribution in [0.5, 0.6) is 0 Å². The third kappa shape index (κ3) is 3.84. The lowest BCUT2D eigenvalue weighted by atomic mass is 9.89. The number of aromatic amines is 1. The highest BCUT2D eigenvalue weighted by Gasteiger charge is 2.31. The summed E-state index contributed by atoms with van der Waals surface area (Å²) in [6, 6.07) is 0. The number of H-pyrrole nitrogens is 1. The monoisotopic (exact) mass is 314 g/mol. The van der Waals surface area contributed by atoms with E-state index in [0.717, 1.165) is 30.6 Å². The molecule has 21 heavy (non-hydrogen) atoms. The van der Waals surface area contributed by atoms with Crippen molar-refractivity contribution in [3.63, 3.8) is 0 Å². The summed E-state index contributed by atoms with van der Waals surface area (Å²) >= 11 is 0. The van der Waals surface area contributed by atoms with E-state index in [-0.39, 0.29) is 10.4 Å². The van der Waals surface area contributed by atoms with E-state index in [1.54, 1.807) is 0 Å². The van der Waals surface area contributed by atoms with Gasteiger partial charge >= 0.3 is 0 Å². The number of nitrogens with one attached hydrogen (secondary N) is 3. The molecule has 0 atom stereocenters. The Balaban J connectivity index is 2.12. The molecule has 3 N–H and O–H groups in total. The van der Waals surface area contributed by atoms with E-state index in [2.05, 4.69) is 27.2 Å². The Morgan fingerprint density at radius 3 is 2.62 bits per heavy atom. The molecule has 0 unspecified atom stereocenters. The first-order valence-electron chi connectivity index (χ1n) is 7.62. The summed E-state index contributed by atoms with van der Waals surface area (Å²) < 4.78 is 27.8. The van der Waals surface area contributed by atoms with E-state index in [0.29, 0.717) is 13.1 Å². The van der Waals surface area contributed by atoms with Crippen LogP contribution in [0.3, 0.4) is 0 Å². The average Bonchev–Trinajstić information content (AvgIpc) is 3.02. The molecule has 2 rings (SSSR count). The fourth-order valence-corrected chi connectivity index (χ4v) is 4.24. The molecule has 1 aromatic rings. The van der Waals surface area contributed by atoms with Crippen LogP contribution in [0.2, 0.25) is 0 Å². The molecule has 0 spiro atoms. The van der Waals surface area contributed by atoms with Gasteiger partial charge in [-0.05, 0) is 31.7 Å². The van der Waals surface area contributed by atoms with Crippen molar-refractivity contribution in [3.8, 4) is 0 Å². The molecule has 0 aromatic carbocycles. The number of aryl methyl sites for hydroxylation is 1. The quantitative estimate of drug-likeness (QED) is 0.715. The van der Waals surface area contributed by atoms with Crippen molar-refractivity contribution >= 4 is 10.0 Å². The second-order valence-corrected chi connectivity index (χ2v) is 7.94. The minimum atomic E-state index is -3.56. The lowest BCUT2D eigenvalue weighted by Gasteiger charge is -2.23. The van der Waals surface area contributed by atoms with Gasteiger partial charge in [-0.15, -0.1) is 0 Å². The van der Waals surface area contributed by atoms with Gasteiger partial charge in [0.15, 0.2) is 5.03 Å². The van der Waals surface area contributed by atoms with Crippen molar-refractivity contribution in [3.05, 3.63) is 11.3 Å². The molecule has 0 amide bonds. The van der Waals surface area contributed by atoms with E-state index in [9.17, 15) is 8.42 Å². The summed E-state index contributed by atoms with van der Waals surface area (Å²) in [6.07, 6.45) is 4.54.